The number of hydrogen-bond donors (Lipinski definition) is 1. The van der Waals surface area contributed by atoms with E-state index < -0.39 is 11.7 Å². The van der Waals surface area contributed by atoms with Gasteiger partial charge < -0.3 is 5.73 Å². The van der Waals surface area contributed by atoms with Gasteiger partial charge in [0.1, 0.15) is 0 Å². The molecule has 0 radical (unpaired) electrons. The molecule has 96 valence electrons. The number of benzene rings is 2. The Hall–Kier alpha value is -1.68. The van der Waals surface area contributed by atoms with E-state index in [0.29, 0.717) is 5.69 Å². The van der Waals surface area contributed by atoms with E-state index in [1.807, 2.05) is 0 Å². The molecule has 0 saturated carbocycles. The molecule has 0 heterocycles. The van der Waals surface area contributed by atoms with Crippen LogP contribution in [0.1, 0.15) is 5.56 Å². The van der Waals surface area contributed by atoms with Crippen LogP contribution in [0.25, 0.3) is 11.1 Å². The van der Waals surface area contributed by atoms with Gasteiger partial charge in [0.05, 0.1) is 5.56 Å². The van der Waals surface area contributed by atoms with Crippen molar-refractivity contribution in [3.05, 3.63) is 54.1 Å². The van der Waals surface area contributed by atoms with Gasteiger partial charge in [0.2, 0.25) is 0 Å². The van der Waals surface area contributed by atoms with E-state index >= 15 is 0 Å². The zero-order valence-electron chi connectivity index (χ0n) is 9.24. The largest absolute Gasteiger partial charge is 0.416 e. The third-order valence-corrected chi connectivity index (χ3v) is 2.46. The molecule has 2 N–H and O–H groups in total. The van der Waals surface area contributed by atoms with Crippen molar-refractivity contribution in [2.24, 2.45) is 0 Å². The molecule has 0 fully saturated rings. The van der Waals surface area contributed by atoms with Gasteiger partial charge in [0.15, 0.2) is 0 Å². The highest BCUT2D eigenvalue weighted by Gasteiger charge is 2.29. The van der Waals surface area contributed by atoms with Crippen LogP contribution in [-0.4, -0.2) is 0 Å². The van der Waals surface area contributed by atoms with E-state index in [2.05, 4.69) is 0 Å². The van der Waals surface area contributed by atoms with E-state index in [9.17, 15) is 13.2 Å². The van der Waals surface area contributed by atoms with Crippen LogP contribution in [0.4, 0.5) is 18.9 Å². The van der Waals surface area contributed by atoms with Crippen molar-refractivity contribution in [3.8, 4) is 11.1 Å². The molecule has 0 amide bonds. The average molecular weight is 274 g/mol. The second-order valence-electron chi connectivity index (χ2n) is 3.70. The number of alkyl halides is 3. The Labute approximate surface area is 109 Å². The third-order valence-electron chi connectivity index (χ3n) is 2.46. The maximum Gasteiger partial charge on any atom is 0.416 e. The highest BCUT2D eigenvalue weighted by Crippen LogP contribution is 2.31. The van der Waals surface area contributed by atoms with Crippen LogP contribution in [0.5, 0.6) is 0 Å². The van der Waals surface area contributed by atoms with Gasteiger partial charge in [-0.15, -0.1) is 12.4 Å². The summed E-state index contributed by atoms with van der Waals surface area (Å²) in [7, 11) is 0. The second kappa shape index (κ2) is 5.31. The lowest BCUT2D eigenvalue weighted by Gasteiger charge is -2.07. The van der Waals surface area contributed by atoms with Crippen molar-refractivity contribution in [3.63, 3.8) is 0 Å². The first kappa shape index (κ1) is 14.4. The Morgan fingerprint density at radius 2 is 1.11 bits per heavy atom. The van der Waals surface area contributed by atoms with Gasteiger partial charge in [0.25, 0.3) is 0 Å². The fourth-order valence-corrected chi connectivity index (χ4v) is 1.53. The smallest absolute Gasteiger partial charge is 0.399 e. The van der Waals surface area contributed by atoms with Crippen molar-refractivity contribution in [2.45, 2.75) is 6.18 Å². The fraction of sp³-hybridized carbons (Fsp3) is 0.0769. The molecule has 0 unspecified atom stereocenters. The molecule has 0 spiro atoms. The van der Waals surface area contributed by atoms with E-state index in [1.54, 1.807) is 24.3 Å². The second-order valence-corrected chi connectivity index (χ2v) is 3.70. The topological polar surface area (TPSA) is 26.0 Å². The zero-order valence-corrected chi connectivity index (χ0v) is 10.1. The molecule has 2 aromatic carbocycles. The maximum absolute atomic E-state index is 12.4. The van der Waals surface area contributed by atoms with Crippen LogP contribution < -0.4 is 5.73 Å². The first-order valence-corrected chi connectivity index (χ1v) is 5.00. The van der Waals surface area contributed by atoms with Crippen LogP contribution in [0.3, 0.4) is 0 Å². The van der Waals surface area contributed by atoms with Gasteiger partial charge in [-0.1, -0.05) is 24.3 Å². The lowest BCUT2D eigenvalue weighted by molar-refractivity contribution is -0.137. The summed E-state index contributed by atoms with van der Waals surface area (Å²) >= 11 is 0. The summed E-state index contributed by atoms with van der Waals surface area (Å²) in [5.41, 5.74) is 7.10. The molecule has 2 rings (SSSR count). The van der Waals surface area contributed by atoms with E-state index in [-0.39, 0.29) is 12.4 Å². The number of nitrogen functional groups attached to an aromatic ring is 1. The number of nitrogens with two attached hydrogens (primary N) is 1. The Balaban J connectivity index is 0.00000162. The van der Waals surface area contributed by atoms with Crippen LogP contribution in [0.2, 0.25) is 0 Å². The lowest BCUT2D eigenvalue weighted by atomic mass is 10.0. The summed E-state index contributed by atoms with van der Waals surface area (Å²) in [6.45, 7) is 0. The van der Waals surface area contributed by atoms with Crippen molar-refractivity contribution < 1.29 is 13.2 Å². The predicted molar refractivity (Wildman–Crippen MR) is 68.5 cm³/mol. The summed E-state index contributed by atoms with van der Waals surface area (Å²) < 4.78 is 37.1. The predicted octanol–water partition coefficient (Wildman–Crippen LogP) is 4.38. The molecule has 5 heteroatoms. The molecule has 0 aliphatic carbocycles. The van der Waals surface area contributed by atoms with Gasteiger partial charge in [0, 0.05) is 5.69 Å². The van der Waals surface area contributed by atoms with Gasteiger partial charge in [-0.25, -0.2) is 0 Å². The van der Waals surface area contributed by atoms with Crippen molar-refractivity contribution in [1.29, 1.82) is 0 Å². The van der Waals surface area contributed by atoms with Crippen LogP contribution >= 0.6 is 12.4 Å². The van der Waals surface area contributed by atoms with Gasteiger partial charge in [-0.05, 0) is 35.4 Å². The Morgan fingerprint density at radius 1 is 0.722 bits per heavy atom. The van der Waals surface area contributed by atoms with Crippen LogP contribution in [0, 0.1) is 0 Å². The fourth-order valence-electron chi connectivity index (χ4n) is 1.53. The average Bonchev–Trinajstić information content (AvgIpc) is 2.29. The van der Waals surface area contributed by atoms with Gasteiger partial charge in [-0.3, -0.25) is 0 Å². The van der Waals surface area contributed by atoms with Gasteiger partial charge in [-0.2, -0.15) is 13.2 Å². The Bertz CT molecular complexity index is 503. The zero-order chi connectivity index (χ0) is 12.5. The number of halogens is 4. The highest BCUT2D eigenvalue weighted by atomic mass is 35.5. The standard InChI is InChI=1S/C13H10F3N.ClH/c14-13(15,16)11-5-1-9(2-6-11)10-3-7-12(17)8-4-10;/h1-8H,17H2;1H. The molecule has 0 aromatic heterocycles. The minimum Gasteiger partial charge on any atom is -0.399 e. The summed E-state index contributed by atoms with van der Waals surface area (Å²) in [6, 6.07) is 12.0. The summed E-state index contributed by atoms with van der Waals surface area (Å²) in [5, 5.41) is 0. The molecular weight excluding hydrogens is 263 g/mol. The van der Waals surface area contributed by atoms with Crippen molar-refractivity contribution in [1.82, 2.24) is 0 Å². The van der Waals surface area contributed by atoms with E-state index in [4.69, 9.17) is 5.73 Å². The third kappa shape index (κ3) is 3.17. The Kier molecular flexibility index (Phi) is 4.24. The molecule has 0 saturated heterocycles. The van der Waals surface area contributed by atoms with E-state index in [1.165, 1.54) is 12.1 Å². The first-order chi connectivity index (χ1) is 7.97. The lowest BCUT2D eigenvalue weighted by Crippen LogP contribution is -2.03. The van der Waals surface area contributed by atoms with E-state index in [0.717, 1.165) is 23.3 Å². The maximum atomic E-state index is 12.4. The molecular formula is C13H11ClF3N. The van der Waals surface area contributed by atoms with Gasteiger partial charge >= 0.3 is 6.18 Å². The molecule has 0 bridgehead atoms. The first-order valence-electron chi connectivity index (χ1n) is 5.00. The summed E-state index contributed by atoms with van der Waals surface area (Å²) in [5.74, 6) is 0. The summed E-state index contributed by atoms with van der Waals surface area (Å²) in [6.07, 6.45) is -4.29. The summed E-state index contributed by atoms with van der Waals surface area (Å²) in [4.78, 5) is 0. The van der Waals surface area contributed by atoms with Crippen molar-refractivity contribution in [2.75, 3.05) is 5.73 Å². The SMILES string of the molecule is Cl.Nc1ccc(-c2ccc(C(F)(F)F)cc2)cc1. The molecule has 1 nitrogen and oxygen atoms in total. The Morgan fingerprint density at radius 3 is 1.50 bits per heavy atom. The normalized spacial score (nSPS) is 10.8. The highest BCUT2D eigenvalue weighted by molar-refractivity contribution is 5.85. The molecule has 0 aliphatic heterocycles. The molecule has 0 aliphatic rings. The number of rotatable bonds is 1. The number of anilines is 1. The molecule has 18 heavy (non-hydrogen) atoms. The minimum absolute atomic E-state index is 0. The number of hydrogen-bond acceptors (Lipinski definition) is 1. The minimum atomic E-state index is -4.29. The monoisotopic (exact) mass is 273 g/mol. The quantitative estimate of drug-likeness (QED) is 0.767. The van der Waals surface area contributed by atoms with Crippen molar-refractivity contribution >= 4 is 18.1 Å². The molecule has 0 atom stereocenters. The molecule has 2 aromatic rings. The van der Waals surface area contributed by atoms with Crippen LogP contribution in [0.15, 0.2) is 48.5 Å². The van der Waals surface area contributed by atoms with Crippen LogP contribution in [-0.2, 0) is 6.18 Å².